The number of carbonyl (C=O) groups is 2. The van der Waals surface area contributed by atoms with Gasteiger partial charge in [0.15, 0.2) is 11.6 Å². The summed E-state index contributed by atoms with van der Waals surface area (Å²) in [6.45, 7) is 3.51. The summed E-state index contributed by atoms with van der Waals surface area (Å²) >= 11 is 12.6. The summed E-state index contributed by atoms with van der Waals surface area (Å²) in [5.74, 6) is -3.98. The molecule has 2 aliphatic heterocycles. The lowest BCUT2D eigenvalue weighted by Gasteiger charge is -2.49. The van der Waals surface area contributed by atoms with Gasteiger partial charge in [0.25, 0.3) is 0 Å². The third-order valence-corrected chi connectivity index (χ3v) is 7.64. The number of halogens is 4. The normalized spacial score (nSPS) is 27.1. The van der Waals surface area contributed by atoms with Gasteiger partial charge in [0.1, 0.15) is 11.2 Å². The van der Waals surface area contributed by atoms with E-state index in [1.165, 1.54) is 6.07 Å². The Kier molecular flexibility index (Phi) is 6.33. The van der Waals surface area contributed by atoms with Crippen molar-refractivity contribution in [2.45, 2.75) is 44.2 Å². The average molecular weight is 533 g/mol. The van der Waals surface area contributed by atoms with Crippen molar-refractivity contribution in [1.29, 1.82) is 0 Å². The van der Waals surface area contributed by atoms with Gasteiger partial charge in [0.2, 0.25) is 11.8 Å². The van der Waals surface area contributed by atoms with Gasteiger partial charge in [-0.3, -0.25) is 9.59 Å². The van der Waals surface area contributed by atoms with Crippen LogP contribution in [0.1, 0.15) is 43.9 Å². The molecular formula is C27H24Cl2F2N2O3. The first-order valence-electron chi connectivity index (χ1n) is 11.7. The lowest BCUT2D eigenvalue weighted by atomic mass is 9.56. The summed E-state index contributed by atoms with van der Waals surface area (Å²) in [4.78, 5) is 27.2. The summed E-state index contributed by atoms with van der Waals surface area (Å²) in [6, 6.07) is 6.01. The molecule has 2 heterocycles. The lowest BCUT2D eigenvalue weighted by molar-refractivity contribution is -0.135. The fourth-order valence-electron chi connectivity index (χ4n) is 5.80. The van der Waals surface area contributed by atoms with Gasteiger partial charge in [0.05, 0.1) is 17.7 Å². The van der Waals surface area contributed by atoms with E-state index in [2.05, 4.69) is 10.6 Å². The SMILES string of the molecule is CC(C)Oc1ccc(F)c(F)c1[C@H]1NC(=O)C[C@@H](C2C=CC=C(Cl)C2)[C@]12C(=O)Nc1cc(Cl)ccc12. The van der Waals surface area contributed by atoms with Crippen LogP contribution in [0.3, 0.4) is 0 Å². The molecule has 5 rings (SSSR count). The van der Waals surface area contributed by atoms with E-state index in [1.807, 2.05) is 6.08 Å². The number of rotatable bonds is 4. The molecular weight excluding hydrogens is 509 g/mol. The Morgan fingerprint density at radius 3 is 2.61 bits per heavy atom. The summed E-state index contributed by atoms with van der Waals surface area (Å²) in [6.07, 6.45) is 5.48. The molecule has 1 aliphatic carbocycles. The zero-order chi connectivity index (χ0) is 25.8. The molecule has 2 amide bonds. The van der Waals surface area contributed by atoms with Gasteiger partial charge >= 0.3 is 0 Å². The molecule has 0 bridgehead atoms. The van der Waals surface area contributed by atoms with Crippen LogP contribution in [0.5, 0.6) is 5.75 Å². The van der Waals surface area contributed by atoms with E-state index in [9.17, 15) is 14.0 Å². The summed E-state index contributed by atoms with van der Waals surface area (Å²) in [5, 5.41) is 6.69. The fraction of sp³-hybridized carbons (Fsp3) is 0.333. The first kappa shape index (κ1) is 24.8. The molecule has 1 saturated heterocycles. The van der Waals surface area contributed by atoms with E-state index >= 15 is 4.39 Å². The molecule has 5 nitrogen and oxygen atoms in total. The van der Waals surface area contributed by atoms with E-state index in [4.69, 9.17) is 27.9 Å². The van der Waals surface area contributed by atoms with Crippen molar-refractivity contribution < 1.29 is 23.1 Å². The molecule has 2 aromatic carbocycles. The number of carbonyl (C=O) groups excluding carboxylic acids is 2. The quantitative estimate of drug-likeness (QED) is 0.494. The van der Waals surface area contributed by atoms with E-state index in [-0.39, 0.29) is 35.7 Å². The number of hydrogen-bond donors (Lipinski definition) is 2. The van der Waals surface area contributed by atoms with Crippen LogP contribution in [0.4, 0.5) is 14.5 Å². The average Bonchev–Trinajstić information content (AvgIpc) is 3.09. The zero-order valence-corrected chi connectivity index (χ0v) is 21.1. The second-order valence-corrected chi connectivity index (χ2v) is 10.6. The Labute approximate surface area is 217 Å². The monoisotopic (exact) mass is 532 g/mol. The van der Waals surface area contributed by atoms with Crippen LogP contribution in [0, 0.1) is 23.5 Å². The molecule has 3 aliphatic rings. The number of ether oxygens (including phenoxy) is 1. The molecule has 0 radical (unpaired) electrons. The summed E-state index contributed by atoms with van der Waals surface area (Å²) < 4.78 is 36.2. The van der Waals surface area contributed by atoms with Crippen LogP contribution in [0.2, 0.25) is 5.02 Å². The topological polar surface area (TPSA) is 67.4 Å². The highest BCUT2D eigenvalue weighted by atomic mass is 35.5. The Bertz CT molecular complexity index is 1330. The molecule has 1 fully saturated rings. The van der Waals surface area contributed by atoms with E-state index < -0.39 is 34.9 Å². The Morgan fingerprint density at radius 2 is 1.89 bits per heavy atom. The molecule has 0 aromatic heterocycles. The van der Waals surface area contributed by atoms with Crippen molar-refractivity contribution in [3.63, 3.8) is 0 Å². The Hall–Kier alpha value is -2.90. The van der Waals surface area contributed by atoms with Gasteiger partial charge < -0.3 is 15.4 Å². The number of nitrogens with one attached hydrogen (secondary N) is 2. The molecule has 9 heteroatoms. The predicted octanol–water partition coefficient (Wildman–Crippen LogP) is 6.17. The highest BCUT2D eigenvalue weighted by Crippen LogP contribution is 2.58. The molecule has 1 unspecified atom stereocenters. The van der Waals surface area contributed by atoms with Crippen molar-refractivity contribution in [2.75, 3.05) is 5.32 Å². The molecule has 36 heavy (non-hydrogen) atoms. The lowest BCUT2D eigenvalue weighted by Crippen LogP contribution is -2.59. The highest BCUT2D eigenvalue weighted by Gasteiger charge is 2.63. The minimum absolute atomic E-state index is 0.0114. The van der Waals surface area contributed by atoms with E-state index in [0.29, 0.717) is 27.7 Å². The summed E-state index contributed by atoms with van der Waals surface area (Å²) in [5.41, 5.74) is -0.685. The number of benzene rings is 2. The van der Waals surface area contributed by atoms with E-state index in [0.717, 1.165) is 6.07 Å². The molecule has 188 valence electrons. The smallest absolute Gasteiger partial charge is 0.237 e. The van der Waals surface area contributed by atoms with Crippen molar-refractivity contribution in [2.24, 2.45) is 11.8 Å². The molecule has 4 atom stereocenters. The standard InChI is InChI=1S/C27H24Cl2F2N2O3/c1-13(2)36-21-9-8-19(30)24(31)23(21)25-27(17-7-6-16(29)11-20(17)32-26(27)35)18(12-22(34)33-25)14-4-3-5-15(28)10-14/h3-9,11,13-14,18,25H,10,12H2,1-2H3,(H,32,35)(H,33,34)/t14?,18-,25+,27-/m0/s1. The third kappa shape index (κ3) is 3.89. The maximum absolute atomic E-state index is 15.7. The first-order valence-corrected chi connectivity index (χ1v) is 12.5. The van der Waals surface area contributed by atoms with Crippen molar-refractivity contribution in [3.05, 3.63) is 81.4 Å². The maximum atomic E-state index is 15.7. The first-order chi connectivity index (χ1) is 17.1. The minimum atomic E-state index is -1.49. The van der Waals surface area contributed by atoms with Crippen LogP contribution in [0.25, 0.3) is 0 Å². The Morgan fingerprint density at radius 1 is 1.11 bits per heavy atom. The second kappa shape index (κ2) is 9.20. The molecule has 2 aromatic rings. The summed E-state index contributed by atoms with van der Waals surface area (Å²) in [7, 11) is 0. The van der Waals surface area contributed by atoms with E-state index in [1.54, 1.807) is 44.2 Å². The van der Waals surface area contributed by atoms with Crippen LogP contribution >= 0.6 is 23.2 Å². The third-order valence-electron chi connectivity index (χ3n) is 7.13. The largest absolute Gasteiger partial charge is 0.491 e. The van der Waals surface area contributed by atoms with Gasteiger partial charge in [-0.15, -0.1) is 0 Å². The molecule has 2 N–H and O–H groups in total. The van der Waals surface area contributed by atoms with Crippen LogP contribution < -0.4 is 15.4 Å². The van der Waals surface area contributed by atoms with Gasteiger partial charge in [-0.2, -0.15) is 0 Å². The van der Waals surface area contributed by atoms with Crippen LogP contribution in [0.15, 0.2) is 53.6 Å². The van der Waals surface area contributed by atoms with Gasteiger partial charge in [-0.1, -0.05) is 41.4 Å². The number of fused-ring (bicyclic) bond motifs is 2. The van der Waals surface area contributed by atoms with Gasteiger partial charge in [-0.05, 0) is 68.0 Å². The van der Waals surface area contributed by atoms with Crippen LogP contribution in [-0.2, 0) is 15.0 Å². The predicted molar refractivity (Wildman–Crippen MR) is 134 cm³/mol. The maximum Gasteiger partial charge on any atom is 0.237 e. The fourth-order valence-corrected chi connectivity index (χ4v) is 6.22. The molecule has 1 spiro atoms. The number of piperidine rings is 1. The van der Waals surface area contributed by atoms with Crippen molar-refractivity contribution >= 4 is 40.7 Å². The number of allylic oxidation sites excluding steroid dienone is 4. The zero-order valence-electron chi connectivity index (χ0n) is 19.6. The van der Waals surface area contributed by atoms with Gasteiger partial charge in [-0.25, -0.2) is 8.78 Å². The Balaban J connectivity index is 1.80. The second-order valence-electron chi connectivity index (χ2n) is 9.63. The minimum Gasteiger partial charge on any atom is -0.491 e. The van der Waals surface area contributed by atoms with Crippen LogP contribution in [-0.4, -0.2) is 17.9 Å². The van der Waals surface area contributed by atoms with Crippen molar-refractivity contribution in [3.8, 4) is 5.75 Å². The van der Waals surface area contributed by atoms with Gasteiger partial charge in [0, 0.05) is 22.2 Å². The number of amides is 2. The molecule has 0 saturated carbocycles. The van der Waals surface area contributed by atoms with Crippen molar-refractivity contribution in [1.82, 2.24) is 5.32 Å². The highest BCUT2D eigenvalue weighted by molar-refractivity contribution is 6.31. The number of anilines is 1. The number of hydrogen-bond acceptors (Lipinski definition) is 3.